The average molecular weight is 264 g/mol. The number of esters is 1. The van der Waals surface area contributed by atoms with Crippen LogP contribution in [0.1, 0.15) is 58.3 Å². The largest absolute Gasteiger partial charge is 0.466 e. The number of rotatable bonds is 4. The molecule has 1 atom stereocenters. The van der Waals surface area contributed by atoms with Crippen molar-refractivity contribution in [3.05, 3.63) is 11.6 Å². The maximum absolute atomic E-state index is 12.0. The Kier molecular flexibility index (Phi) is 5.17. The van der Waals surface area contributed by atoms with Crippen LogP contribution in [0.4, 0.5) is 0 Å². The molecule has 0 saturated heterocycles. The number of ether oxygens (including phenoxy) is 1. The zero-order chi connectivity index (χ0) is 13.7. The smallest absolute Gasteiger partial charge is 0.306 e. The highest BCUT2D eigenvalue weighted by atomic mass is 16.5. The topological polar surface area (TPSA) is 43.4 Å². The number of carbonyl (C=O) groups is 2. The normalized spacial score (nSPS) is 26.9. The van der Waals surface area contributed by atoms with Gasteiger partial charge in [-0.2, -0.15) is 0 Å². The molecule has 2 fully saturated rings. The Morgan fingerprint density at radius 2 is 2.00 bits per heavy atom. The van der Waals surface area contributed by atoms with E-state index < -0.39 is 0 Å². The Morgan fingerprint density at radius 1 is 1.26 bits per heavy atom. The van der Waals surface area contributed by atoms with Crippen molar-refractivity contribution in [1.29, 1.82) is 0 Å². The van der Waals surface area contributed by atoms with Crippen molar-refractivity contribution >= 4 is 11.8 Å². The van der Waals surface area contributed by atoms with Crippen molar-refractivity contribution in [2.24, 2.45) is 11.8 Å². The molecule has 19 heavy (non-hydrogen) atoms. The lowest BCUT2D eigenvalue weighted by atomic mass is 9.85. The second kappa shape index (κ2) is 6.88. The Balaban J connectivity index is 2.00. The van der Waals surface area contributed by atoms with E-state index in [2.05, 4.69) is 6.08 Å². The summed E-state index contributed by atoms with van der Waals surface area (Å²) in [6, 6.07) is 0. The molecule has 2 rings (SSSR count). The molecule has 0 aromatic carbocycles. The molecule has 0 aromatic heterocycles. The number of carbonyl (C=O) groups excluding carboxylic acids is 2. The van der Waals surface area contributed by atoms with Crippen molar-refractivity contribution in [3.63, 3.8) is 0 Å². The van der Waals surface area contributed by atoms with Crippen LogP contribution in [0.3, 0.4) is 0 Å². The third kappa shape index (κ3) is 3.92. The zero-order valence-electron chi connectivity index (χ0n) is 11.8. The van der Waals surface area contributed by atoms with Crippen molar-refractivity contribution in [2.75, 3.05) is 6.61 Å². The van der Waals surface area contributed by atoms with Gasteiger partial charge in [-0.15, -0.1) is 0 Å². The number of Topliss-reactive ketones (excluding diaryl/α,β-unsaturated/α-hetero) is 1. The Morgan fingerprint density at radius 3 is 2.68 bits per heavy atom. The molecule has 0 heterocycles. The molecular formula is C16H24O3. The number of ketones is 1. The molecule has 0 amide bonds. The van der Waals surface area contributed by atoms with Gasteiger partial charge in [-0.1, -0.05) is 25.3 Å². The van der Waals surface area contributed by atoms with E-state index >= 15 is 0 Å². The SMILES string of the molecule is CCOC(=O)C[C@@H]1CCC(=O)/C1=C/C1CCCCC1. The summed E-state index contributed by atoms with van der Waals surface area (Å²) in [5.74, 6) is 0.737. The maximum Gasteiger partial charge on any atom is 0.306 e. The van der Waals surface area contributed by atoms with Gasteiger partial charge in [-0.3, -0.25) is 9.59 Å². The summed E-state index contributed by atoms with van der Waals surface area (Å²) in [4.78, 5) is 23.6. The minimum atomic E-state index is -0.170. The van der Waals surface area contributed by atoms with Gasteiger partial charge in [0, 0.05) is 6.42 Å². The van der Waals surface area contributed by atoms with Gasteiger partial charge in [0.15, 0.2) is 5.78 Å². The zero-order valence-corrected chi connectivity index (χ0v) is 11.8. The first kappa shape index (κ1) is 14.3. The quantitative estimate of drug-likeness (QED) is 0.577. The molecule has 0 N–H and O–H groups in total. The summed E-state index contributed by atoms with van der Waals surface area (Å²) in [6.45, 7) is 2.23. The van der Waals surface area contributed by atoms with Crippen LogP contribution in [0.15, 0.2) is 11.6 Å². The van der Waals surface area contributed by atoms with Crippen LogP contribution < -0.4 is 0 Å². The Bertz CT molecular complexity index is 364. The van der Waals surface area contributed by atoms with Crippen molar-refractivity contribution < 1.29 is 14.3 Å². The summed E-state index contributed by atoms with van der Waals surface area (Å²) >= 11 is 0. The molecule has 0 aromatic rings. The third-order valence-electron chi connectivity index (χ3n) is 4.27. The first-order valence-corrected chi connectivity index (χ1v) is 7.61. The summed E-state index contributed by atoms with van der Waals surface area (Å²) in [7, 11) is 0. The average Bonchev–Trinajstić information content (AvgIpc) is 2.73. The molecule has 2 aliphatic carbocycles. The molecule has 0 radical (unpaired) electrons. The fraction of sp³-hybridized carbons (Fsp3) is 0.750. The highest BCUT2D eigenvalue weighted by Gasteiger charge is 2.31. The summed E-state index contributed by atoms with van der Waals surface area (Å²) in [5, 5.41) is 0. The molecule has 0 bridgehead atoms. The van der Waals surface area contributed by atoms with E-state index in [4.69, 9.17) is 4.74 Å². The monoisotopic (exact) mass is 264 g/mol. The first-order valence-electron chi connectivity index (χ1n) is 7.61. The lowest BCUT2D eigenvalue weighted by Crippen LogP contribution is -2.13. The number of hydrogen-bond acceptors (Lipinski definition) is 3. The van der Waals surface area contributed by atoms with Gasteiger partial charge in [0.25, 0.3) is 0 Å². The van der Waals surface area contributed by atoms with Crippen LogP contribution in [0.25, 0.3) is 0 Å². The van der Waals surface area contributed by atoms with Gasteiger partial charge < -0.3 is 4.74 Å². The van der Waals surface area contributed by atoms with Gasteiger partial charge in [0.05, 0.1) is 13.0 Å². The predicted molar refractivity (Wildman–Crippen MR) is 73.6 cm³/mol. The molecule has 106 valence electrons. The van der Waals surface area contributed by atoms with E-state index in [0.29, 0.717) is 25.4 Å². The molecule has 3 nitrogen and oxygen atoms in total. The first-order chi connectivity index (χ1) is 9.20. The highest BCUT2D eigenvalue weighted by molar-refractivity contribution is 5.98. The van der Waals surface area contributed by atoms with Crippen LogP contribution in [0.2, 0.25) is 0 Å². The number of hydrogen-bond donors (Lipinski definition) is 0. The Hall–Kier alpha value is -1.12. The molecule has 0 aliphatic heterocycles. The molecule has 0 spiro atoms. The van der Waals surface area contributed by atoms with Crippen LogP contribution >= 0.6 is 0 Å². The van der Waals surface area contributed by atoms with Crippen molar-refractivity contribution in [1.82, 2.24) is 0 Å². The summed E-state index contributed by atoms with van der Waals surface area (Å²) in [6.07, 6.45) is 10.2. The van der Waals surface area contributed by atoms with Crippen LogP contribution in [0, 0.1) is 11.8 Å². The lowest BCUT2D eigenvalue weighted by molar-refractivity contribution is -0.143. The van der Waals surface area contributed by atoms with E-state index in [9.17, 15) is 9.59 Å². The van der Waals surface area contributed by atoms with E-state index in [-0.39, 0.29) is 17.7 Å². The van der Waals surface area contributed by atoms with Gasteiger partial charge in [0.1, 0.15) is 0 Å². The van der Waals surface area contributed by atoms with Gasteiger partial charge in [-0.25, -0.2) is 0 Å². The van der Waals surface area contributed by atoms with Crippen molar-refractivity contribution in [3.8, 4) is 0 Å². The van der Waals surface area contributed by atoms with Crippen LogP contribution in [0.5, 0.6) is 0 Å². The molecule has 3 heteroatoms. The van der Waals surface area contributed by atoms with Crippen LogP contribution in [-0.2, 0) is 14.3 Å². The minimum Gasteiger partial charge on any atom is -0.466 e. The van der Waals surface area contributed by atoms with Gasteiger partial charge in [-0.05, 0) is 43.6 Å². The van der Waals surface area contributed by atoms with E-state index in [0.717, 1.165) is 12.0 Å². The van der Waals surface area contributed by atoms with Crippen molar-refractivity contribution in [2.45, 2.75) is 58.3 Å². The molecule has 2 aliphatic rings. The van der Waals surface area contributed by atoms with Gasteiger partial charge in [0.2, 0.25) is 0 Å². The van der Waals surface area contributed by atoms with Crippen LogP contribution in [-0.4, -0.2) is 18.4 Å². The second-order valence-corrected chi connectivity index (χ2v) is 5.69. The summed E-state index contributed by atoms with van der Waals surface area (Å²) < 4.78 is 5.00. The maximum atomic E-state index is 12.0. The van der Waals surface area contributed by atoms with E-state index in [1.165, 1.54) is 32.1 Å². The summed E-state index contributed by atoms with van der Waals surface area (Å²) in [5.41, 5.74) is 0.917. The van der Waals surface area contributed by atoms with E-state index in [1.807, 2.05) is 6.92 Å². The molecule has 2 saturated carbocycles. The fourth-order valence-corrected chi connectivity index (χ4v) is 3.25. The number of allylic oxidation sites excluding steroid dienone is 2. The Labute approximate surface area is 115 Å². The molecular weight excluding hydrogens is 240 g/mol. The standard InChI is InChI=1S/C16H24O3/c1-2-19-16(18)11-13-8-9-15(17)14(13)10-12-6-4-3-5-7-12/h10,12-13H,2-9,11H2,1H3/b14-10+/t13-/m0/s1. The highest BCUT2D eigenvalue weighted by Crippen LogP contribution is 2.34. The predicted octanol–water partition coefficient (Wildman–Crippen LogP) is 3.43. The minimum absolute atomic E-state index is 0.105. The van der Waals surface area contributed by atoms with E-state index in [1.54, 1.807) is 0 Å². The molecule has 0 unspecified atom stereocenters. The third-order valence-corrected chi connectivity index (χ3v) is 4.27. The second-order valence-electron chi connectivity index (χ2n) is 5.69. The fourth-order valence-electron chi connectivity index (χ4n) is 3.25. The van der Waals surface area contributed by atoms with Gasteiger partial charge >= 0.3 is 5.97 Å². The lowest BCUT2D eigenvalue weighted by Gasteiger charge is -2.20.